The van der Waals surface area contributed by atoms with Gasteiger partial charge in [-0.1, -0.05) is 32.0 Å². The van der Waals surface area contributed by atoms with Crippen molar-refractivity contribution < 1.29 is 85.7 Å². The Hall–Kier alpha value is -4.79. The Morgan fingerprint density at radius 2 is 1.61 bits per heavy atom. The van der Waals surface area contributed by atoms with Crippen LogP contribution in [0, 0.1) is 16.7 Å². The largest absolute Gasteiger partial charge is 0.456 e. The first-order valence-electron chi connectivity index (χ1n) is 19.5. The van der Waals surface area contributed by atoms with Gasteiger partial charge < -0.3 is 54.0 Å². The normalized spacial score (nSPS) is 32.8. The van der Waals surface area contributed by atoms with Gasteiger partial charge in [0.25, 0.3) is 0 Å². The number of hydrogen-bond acceptors (Lipinski definition) is 15. The molecular weight excluding hydrogens is 817 g/mol. The van der Waals surface area contributed by atoms with Gasteiger partial charge in [0.15, 0.2) is 29.6 Å². The van der Waals surface area contributed by atoms with Crippen LogP contribution in [0.2, 0.25) is 0 Å². The number of fused-ring (bicyclic) bond motifs is 5. The van der Waals surface area contributed by atoms with Crippen molar-refractivity contribution in [2.45, 2.75) is 134 Å². The van der Waals surface area contributed by atoms with Crippen molar-refractivity contribution in [1.29, 1.82) is 0 Å². The summed E-state index contributed by atoms with van der Waals surface area (Å²) >= 11 is 0. The summed E-state index contributed by atoms with van der Waals surface area (Å²) in [6.45, 7) is 10.2. The Labute approximate surface area is 349 Å². The van der Waals surface area contributed by atoms with Crippen LogP contribution in [0.4, 0.5) is 22.8 Å². The number of nitrogens with zero attached hydrogens (tertiary/aromatic N) is 1. The molecule has 1 aliphatic heterocycles. The number of carbonyl (C=O) groups excluding carboxylic acids is 6. The SMILES string of the molecule is CC(=O)O[C@@]12CO[C@@H]1C[C@H](O)[C@@]1(C)C(=O)[C@H](OC(=O)N(C)C)C3=C(C)[C@@H](OC(=O)[C@H](O)[C@@H](NC(=O)OC(C)(C)C)C(F)(F)F)C[C@@](O)(C(OC(=O)c4ccccc4)C12)C3(C)C. The van der Waals surface area contributed by atoms with Crippen LogP contribution in [0.1, 0.15) is 78.6 Å². The molecule has 0 radical (unpaired) electrons. The number of benzene rings is 1. The van der Waals surface area contributed by atoms with E-state index >= 15 is 4.79 Å². The number of rotatable bonds is 8. The average molecular weight is 871 g/mol. The van der Waals surface area contributed by atoms with Gasteiger partial charge in [0, 0.05) is 39.3 Å². The lowest BCUT2D eigenvalue weighted by molar-refractivity contribution is -0.345. The molecule has 2 bridgehead atoms. The first-order valence-corrected chi connectivity index (χ1v) is 19.5. The molecule has 5 rings (SSSR count). The molecular formula is C41H53F3N2O15. The molecule has 20 heteroatoms. The predicted molar refractivity (Wildman–Crippen MR) is 202 cm³/mol. The van der Waals surface area contributed by atoms with E-state index in [1.807, 2.05) is 0 Å². The van der Waals surface area contributed by atoms with Crippen molar-refractivity contribution in [3.8, 4) is 0 Å². The van der Waals surface area contributed by atoms with Crippen LogP contribution in [0.5, 0.6) is 0 Å². The van der Waals surface area contributed by atoms with Crippen LogP contribution in [0.15, 0.2) is 41.5 Å². The number of carbonyl (C=O) groups is 6. The number of aliphatic hydroxyl groups is 3. The molecule has 11 atom stereocenters. The molecule has 3 fully saturated rings. The summed E-state index contributed by atoms with van der Waals surface area (Å²) in [5, 5.41) is 37.9. The number of esters is 3. The third-order valence-electron chi connectivity index (χ3n) is 12.3. The molecule has 0 spiro atoms. The van der Waals surface area contributed by atoms with E-state index in [1.165, 1.54) is 92.1 Å². The third kappa shape index (κ3) is 8.30. The molecule has 2 saturated carbocycles. The number of Topliss-reactive ketones (excluding diaryl/α,β-unsaturated/α-hetero) is 1. The lowest BCUT2D eigenvalue weighted by atomic mass is 9.44. The van der Waals surface area contributed by atoms with Gasteiger partial charge in [-0.15, -0.1) is 0 Å². The van der Waals surface area contributed by atoms with Gasteiger partial charge in [0.2, 0.25) is 0 Å². The van der Waals surface area contributed by atoms with E-state index < -0.39 is 131 Å². The summed E-state index contributed by atoms with van der Waals surface area (Å²) in [6, 6.07) is 4.15. The molecule has 4 N–H and O–H groups in total. The fraction of sp³-hybridized carbons (Fsp3) is 0.659. The summed E-state index contributed by atoms with van der Waals surface area (Å²) in [5.74, 6) is -6.63. The van der Waals surface area contributed by atoms with Crippen LogP contribution in [-0.2, 0) is 42.8 Å². The Morgan fingerprint density at radius 1 is 1.00 bits per heavy atom. The van der Waals surface area contributed by atoms with Crippen molar-refractivity contribution in [2.24, 2.45) is 16.7 Å². The van der Waals surface area contributed by atoms with E-state index in [1.54, 1.807) is 6.07 Å². The molecule has 1 aromatic rings. The molecule has 61 heavy (non-hydrogen) atoms. The minimum Gasteiger partial charge on any atom is -0.456 e. The van der Waals surface area contributed by atoms with Crippen molar-refractivity contribution in [3.63, 3.8) is 0 Å². The highest BCUT2D eigenvalue weighted by Gasteiger charge is 2.78. The number of ketones is 1. The van der Waals surface area contributed by atoms with Crippen LogP contribution in [0.25, 0.3) is 0 Å². The van der Waals surface area contributed by atoms with Crippen molar-refractivity contribution in [3.05, 3.63) is 47.0 Å². The van der Waals surface area contributed by atoms with Crippen LogP contribution in [0.3, 0.4) is 0 Å². The quantitative estimate of drug-likeness (QED) is 0.167. The molecule has 3 aliphatic carbocycles. The first kappa shape index (κ1) is 47.3. The van der Waals surface area contributed by atoms with Crippen molar-refractivity contribution in [1.82, 2.24) is 10.2 Å². The zero-order chi connectivity index (χ0) is 46.0. The Kier molecular flexibility index (Phi) is 12.5. The fourth-order valence-electron chi connectivity index (χ4n) is 9.18. The molecule has 4 aliphatic rings. The fourth-order valence-corrected chi connectivity index (χ4v) is 9.18. The van der Waals surface area contributed by atoms with Crippen LogP contribution in [-0.4, -0.2) is 142 Å². The monoisotopic (exact) mass is 870 g/mol. The molecule has 338 valence electrons. The van der Waals surface area contributed by atoms with Crippen LogP contribution < -0.4 is 5.32 Å². The molecule has 1 heterocycles. The second-order valence-electron chi connectivity index (χ2n) is 18.0. The van der Waals surface area contributed by atoms with Gasteiger partial charge >= 0.3 is 36.3 Å². The summed E-state index contributed by atoms with van der Waals surface area (Å²) in [6.07, 6.45) is -21.2. The number of aliphatic hydroxyl groups excluding tert-OH is 2. The second-order valence-corrected chi connectivity index (χ2v) is 18.0. The lowest BCUT2D eigenvalue weighted by Crippen LogP contribution is -2.82. The standard InChI is InChI=1S/C41H53F3N2O15/c1-19-22(57-33(52)26(49)29(41(42,43)44)45-34(53)61-36(3,4)5)17-40(55)31(59-32(51)21-14-12-11-13-15-21)28-38(8,23(48)16-24-39(28,18-56-24)60-20(2)47)30(50)27(25(19)37(40,6)7)58-35(54)46(9)10/h11-15,22-24,26-29,31,48-49,55H,16-18H2,1-10H3,(H,45,53)/t22-,23-,24+,26+,27+,28?,29+,31?,38+,39-,40+/m0/s1. The van der Waals surface area contributed by atoms with E-state index in [2.05, 4.69) is 0 Å². The number of nitrogens with one attached hydrogen (secondary N) is 1. The Morgan fingerprint density at radius 3 is 2.11 bits per heavy atom. The van der Waals surface area contributed by atoms with Gasteiger partial charge in [-0.25, -0.2) is 19.2 Å². The Balaban J connectivity index is 1.76. The highest BCUT2D eigenvalue weighted by atomic mass is 19.4. The van der Waals surface area contributed by atoms with Crippen molar-refractivity contribution in [2.75, 3.05) is 20.7 Å². The molecule has 0 aromatic heterocycles. The van der Waals surface area contributed by atoms with Crippen LogP contribution >= 0.6 is 0 Å². The number of hydrogen-bond donors (Lipinski definition) is 4. The number of ether oxygens (including phenoxy) is 6. The summed E-state index contributed by atoms with van der Waals surface area (Å²) in [4.78, 5) is 83.1. The zero-order valence-corrected chi connectivity index (χ0v) is 35.4. The van der Waals surface area contributed by atoms with E-state index in [-0.39, 0.29) is 23.1 Å². The van der Waals surface area contributed by atoms with E-state index in [0.29, 0.717) is 0 Å². The van der Waals surface area contributed by atoms with Crippen molar-refractivity contribution >= 4 is 35.9 Å². The maximum atomic E-state index is 15.5. The maximum absolute atomic E-state index is 15.5. The first-order chi connectivity index (χ1) is 27.9. The van der Waals surface area contributed by atoms with E-state index in [0.717, 1.165) is 11.8 Å². The highest BCUT2D eigenvalue weighted by molar-refractivity contribution is 5.95. The van der Waals surface area contributed by atoms with Gasteiger partial charge in [-0.05, 0) is 57.9 Å². The molecule has 17 nitrogen and oxygen atoms in total. The average Bonchev–Trinajstić information content (AvgIpc) is 3.13. The maximum Gasteiger partial charge on any atom is 0.411 e. The smallest absolute Gasteiger partial charge is 0.411 e. The third-order valence-corrected chi connectivity index (χ3v) is 12.3. The van der Waals surface area contributed by atoms with Gasteiger partial charge in [-0.3, -0.25) is 9.59 Å². The topological polar surface area (TPSA) is 234 Å². The van der Waals surface area contributed by atoms with Gasteiger partial charge in [0.05, 0.1) is 29.6 Å². The van der Waals surface area contributed by atoms with Gasteiger partial charge in [0.1, 0.15) is 29.5 Å². The zero-order valence-electron chi connectivity index (χ0n) is 35.4. The summed E-state index contributed by atoms with van der Waals surface area (Å²) < 4.78 is 77.4. The number of alkyl carbamates (subject to hydrolysis) is 1. The van der Waals surface area contributed by atoms with E-state index in [4.69, 9.17) is 28.4 Å². The lowest BCUT2D eigenvalue weighted by Gasteiger charge is -2.67. The number of amides is 2. The van der Waals surface area contributed by atoms with E-state index in [9.17, 15) is 52.5 Å². The molecule has 1 aromatic carbocycles. The summed E-state index contributed by atoms with van der Waals surface area (Å²) in [7, 11) is 2.61. The number of halogens is 3. The van der Waals surface area contributed by atoms with Gasteiger partial charge in [-0.2, -0.15) is 13.2 Å². The summed E-state index contributed by atoms with van der Waals surface area (Å²) in [5.41, 5.74) is -10.3. The Bertz CT molecular complexity index is 1970. The predicted octanol–water partition coefficient (Wildman–Crippen LogP) is 3.16. The highest BCUT2D eigenvalue weighted by Crippen LogP contribution is 2.64. The minimum absolute atomic E-state index is 0.0411. The molecule has 1 saturated heterocycles. The number of alkyl halides is 3. The molecule has 2 unspecified atom stereocenters. The second kappa shape index (κ2) is 16.2. The molecule has 2 amide bonds. The minimum atomic E-state index is -5.45.